The highest BCUT2D eigenvalue weighted by Crippen LogP contribution is 2.31. The largest absolute Gasteiger partial charge is 0.394 e. The van der Waals surface area contributed by atoms with Crippen molar-refractivity contribution in [3.8, 4) is 0 Å². The zero-order chi connectivity index (χ0) is 43.3. The number of unbranched alkanes of at least 4 members (excludes halogenated alkanes) is 22. The maximum absolute atomic E-state index is 11.2. The van der Waals surface area contributed by atoms with Gasteiger partial charge in [0.25, 0.3) is 0 Å². The second-order valence-electron chi connectivity index (χ2n) is 18.8. The number of ether oxygens (including phenoxy) is 4. The van der Waals surface area contributed by atoms with Crippen LogP contribution in [-0.2, 0) is 18.9 Å². The van der Waals surface area contributed by atoms with Crippen molar-refractivity contribution in [2.45, 2.75) is 281 Å². The van der Waals surface area contributed by atoms with E-state index in [2.05, 4.69) is 27.7 Å². The van der Waals surface area contributed by atoms with E-state index in [4.69, 9.17) is 18.9 Å². The Kier molecular flexibility index (Phi) is 31.5. The van der Waals surface area contributed by atoms with Crippen LogP contribution in [0.5, 0.6) is 0 Å². The van der Waals surface area contributed by atoms with Crippen molar-refractivity contribution in [1.82, 2.24) is 0 Å². The molecule has 352 valence electrons. The Bertz CT molecular complexity index is 954. The van der Waals surface area contributed by atoms with E-state index in [1.165, 1.54) is 148 Å². The van der Waals surface area contributed by atoms with Gasteiger partial charge in [-0.05, 0) is 24.7 Å². The van der Waals surface area contributed by atoms with Gasteiger partial charge in [-0.25, -0.2) is 0 Å². The molecule has 0 saturated carbocycles. The van der Waals surface area contributed by atoms with Gasteiger partial charge in [-0.15, -0.1) is 0 Å². The topological polar surface area (TPSA) is 179 Å². The van der Waals surface area contributed by atoms with Crippen molar-refractivity contribution in [1.29, 1.82) is 0 Å². The number of hydrogen-bond donors (Lipinski definition) is 7. The van der Waals surface area contributed by atoms with Gasteiger partial charge in [-0.3, -0.25) is 0 Å². The van der Waals surface area contributed by atoms with Crippen molar-refractivity contribution in [3.63, 3.8) is 0 Å². The molecule has 0 aromatic carbocycles. The normalized spacial score (nSPS) is 28.7. The molecule has 11 heteroatoms. The molecule has 12 atom stereocenters. The lowest BCUT2D eigenvalue weighted by molar-refractivity contribution is -0.363. The third-order valence-electron chi connectivity index (χ3n) is 13.0. The summed E-state index contributed by atoms with van der Waals surface area (Å²) in [6.45, 7) is 8.03. The molecule has 2 aliphatic rings. The van der Waals surface area contributed by atoms with Crippen molar-refractivity contribution in [2.75, 3.05) is 13.2 Å². The van der Waals surface area contributed by atoms with Gasteiger partial charge in [0.1, 0.15) is 48.8 Å². The van der Waals surface area contributed by atoms with Crippen LogP contribution in [0.4, 0.5) is 0 Å². The summed E-state index contributed by atoms with van der Waals surface area (Å²) in [6, 6.07) is 0. The first-order valence-electron chi connectivity index (χ1n) is 24.8. The molecule has 0 bridgehead atoms. The SMILES string of the molecule is CCC(C)CCCCCCCCCCCCCCC(CCCCCCCCCCCCCCC(C)C)O[C@@H]1O[C@@H](CO)[C@H](O[C@H]2O[C@@H](CO)[C@@H](O)[C@H](O)[C@@H]2O)[C@H](O)[C@@H]1O. The van der Waals surface area contributed by atoms with Crippen LogP contribution in [0.2, 0.25) is 0 Å². The van der Waals surface area contributed by atoms with Gasteiger partial charge >= 0.3 is 0 Å². The second-order valence-corrected chi connectivity index (χ2v) is 18.8. The molecule has 2 rings (SSSR count). The first-order valence-corrected chi connectivity index (χ1v) is 24.8. The van der Waals surface area contributed by atoms with Crippen LogP contribution in [0.3, 0.4) is 0 Å². The zero-order valence-electron chi connectivity index (χ0n) is 38.2. The maximum Gasteiger partial charge on any atom is 0.187 e. The van der Waals surface area contributed by atoms with Crippen LogP contribution in [-0.4, -0.2) is 116 Å². The highest BCUT2D eigenvalue weighted by molar-refractivity contribution is 4.94. The molecule has 2 fully saturated rings. The monoisotopic (exact) mass is 847 g/mol. The molecule has 11 nitrogen and oxygen atoms in total. The van der Waals surface area contributed by atoms with E-state index >= 15 is 0 Å². The molecule has 0 aromatic rings. The van der Waals surface area contributed by atoms with Gasteiger partial charge < -0.3 is 54.7 Å². The Morgan fingerprint density at radius 3 is 1.20 bits per heavy atom. The highest BCUT2D eigenvalue weighted by Gasteiger charge is 2.51. The average Bonchev–Trinajstić information content (AvgIpc) is 3.23. The van der Waals surface area contributed by atoms with Gasteiger partial charge in [-0.2, -0.15) is 0 Å². The molecule has 0 spiro atoms. The fraction of sp³-hybridized carbons (Fsp3) is 1.00. The van der Waals surface area contributed by atoms with Crippen LogP contribution in [0.1, 0.15) is 214 Å². The summed E-state index contributed by atoms with van der Waals surface area (Å²) in [5.74, 6) is 1.68. The predicted molar refractivity (Wildman–Crippen MR) is 235 cm³/mol. The standard InChI is InChI=1S/C48H94O11/c1-5-37(4)31-27-23-19-15-11-7-9-13-17-21-25-29-33-38(32-28-24-20-16-12-8-6-10-14-18-22-26-30-36(2)3)56-47-45(55)43(53)46(40(35-50)58-47)59-48-44(54)42(52)41(51)39(34-49)57-48/h36-55H,5-35H2,1-4H3/t37?,38?,39-,40-,41+,42-,43+,44-,45-,46-,47+,48+/m0/s1. The minimum absolute atomic E-state index is 0.185. The van der Waals surface area contributed by atoms with Gasteiger partial charge in [0.2, 0.25) is 0 Å². The van der Waals surface area contributed by atoms with E-state index < -0.39 is 74.6 Å². The van der Waals surface area contributed by atoms with Gasteiger partial charge in [-0.1, -0.05) is 201 Å². The van der Waals surface area contributed by atoms with E-state index in [1.807, 2.05) is 0 Å². The molecular weight excluding hydrogens is 753 g/mol. The summed E-state index contributed by atoms with van der Waals surface area (Å²) in [5.41, 5.74) is 0. The predicted octanol–water partition coefficient (Wildman–Crippen LogP) is 8.62. The summed E-state index contributed by atoms with van der Waals surface area (Å²) in [7, 11) is 0. The molecule has 0 aliphatic carbocycles. The lowest BCUT2D eigenvalue weighted by Crippen LogP contribution is -2.64. The van der Waals surface area contributed by atoms with Crippen molar-refractivity contribution < 1.29 is 54.7 Å². The summed E-state index contributed by atoms with van der Waals surface area (Å²) in [4.78, 5) is 0. The van der Waals surface area contributed by atoms with Crippen LogP contribution in [0.15, 0.2) is 0 Å². The molecule has 2 unspecified atom stereocenters. The minimum atomic E-state index is -1.71. The molecule has 2 heterocycles. The van der Waals surface area contributed by atoms with Crippen molar-refractivity contribution in [2.24, 2.45) is 11.8 Å². The summed E-state index contributed by atoms with van der Waals surface area (Å²) >= 11 is 0. The molecule has 7 N–H and O–H groups in total. The van der Waals surface area contributed by atoms with Gasteiger partial charge in [0, 0.05) is 0 Å². The van der Waals surface area contributed by atoms with Crippen molar-refractivity contribution in [3.05, 3.63) is 0 Å². The lowest BCUT2D eigenvalue weighted by Gasteiger charge is -2.46. The van der Waals surface area contributed by atoms with Crippen LogP contribution in [0, 0.1) is 11.8 Å². The first-order chi connectivity index (χ1) is 28.5. The summed E-state index contributed by atoms with van der Waals surface area (Å²) in [6.07, 6.45) is 21.5. The Balaban J connectivity index is 1.78. The number of hydrogen-bond acceptors (Lipinski definition) is 11. The molecular formula is C48H94O11. The van der Waals surface area contributed by atoms with Gasteiger partial charge in [0.15, 0.2) is 12.6 Å². The first kappa shape index (κ1) is 54.7. The Morgan fingerprint density at radius 2 is 0.797 bits per heavy atom. The van der Waals surface area contributed by atoms with E-state index in [1.54, 1.807) is 0 Å². The summed E-state index contributed by atoms with van der Waals surface area (Å²) in [5, 5.41) is 73.0. The Labute approximate surface area is 360 Å². The fourth-order valence-electron chi connectivity index (χ4n) is 8.67. The molecule has 2 saturated heterocycles. The third-order valence-corrected chi connectivity index (χ3v) is 13.0. The van der Waals surface area contributed by atoms with Gasteiger partial charge in [0.05, 0.1) is 19.3 Å². The highest BCUT2D eigenvalue weighted by atomic mass is 16.7. The zero-order valence-corrected chi connectivity index (χ0v) is 38.2. The maximum atomic E-state index is 11.2. The average molecular weight is 847 g/mol. The minimum Gasteiger partial charge on any atom is -0.394 e. The smallest absolute Gasteiger partial charge is 0.187 e. The number of aliphatic hydroxyl groups is 7. The Morgan fingerprint density at radius 1 is 0.424 bits per heavy atom. The van der Waals surface area contributed by atoms with Crippen molar-refractivity contribution >= 4 is 0 Å². The molecule has 0 amide bonds. The van der Waals surface area contributed by atoms with Crippen LogP contribution >= 0.6 is 0 Å². The molecule has 2 aliphatic heterocycles. The molecule has 59 heavy (non-hydrogen) atoms. The van der Waals surface area contributed by atoms with E-state index in [-0.39, 0.29) is 6.10 Å². The van der Waals surface area contributed by atoms with E-state index in [0.29, 0.717) is 0 Å². The third kappa shape index (κ3) is 23.2. The molecule has 0 aromatic heterocycles. The van der Waals surface area contributed by atoms with Crippen LogP contribution < -0.4 is 0 Å². The quantitative estimate of drug-likeness (QED) is 0.0298. The number of rotatable bonds is 37. The molecule has 0 radical (unpaired) electrons. The van der Waals surface area contributed by atoms with Crippen LogP contribution in [0.25, 0.3) is 0 Å². The fourth-order valence-corrected chi connectivity index (χ4v) is 8.67. The lowest BCUT2D eigenvalue weighted by atomic mass is 9.96. The second kappa shape index (κ2) is 34.0. The van der Waals surface area contributed by atoms with E-state index in [0.717, 1.165) is 50.4 Å². The number of aliphatic hydroxyl groups excluding tert-OH is 7. The van der Waals surface area contributed by atoms with E-state index in [9.17, 15) is 35.7 Å². The Hall–Kier alpha value is -0.440. The summed E-state index contributed by atoms with van der Waals surface area (Å²) < 4.78 is 23.6.